The summed E-state index contributed by atoms with van der Waals surface area (Å²) in [6.07, 6.45) is 2.35. The molecule has 102 valence electrons. The van der Waals surface area contributed by atoms with Crippen LogP contribution in [0.3, 0.4) is 0 Å². The first kappa shape index (κ1) is 13.7. The van der Waals surface area contributed by atoms with E-state index in [9.17, 15) is 9.18 Å². The number of benzene rings is 1. The Labute approximate surface area is 113 Å². The van der Waals surface area contributed by atoms with Gasteiger partial charge in [-0.15, -0.1) is 0 Å². The van der Waals surface area contributed by atoms with Gasteiger partial charge >= 0.3 is 0 Å². The predicted octanol–water partition coefficient (Wildman–Crippen LogP) is 3.44. The standard InChI is InChI=1S/C15H19FN2O/c1-10-7-11(9-12(16)8-10)13-5-6-17-18(13)14(19)15(2,3)4/h6-9,13H,5H2,1-4H3. The Balaban J connectivity index is 2.32. The third-order valence-electron chi connectivity index (χ3n) is 3.13. The van der Waals surface area contributed by atoms with Crippen LogP contribution in [0, 0.1) is 18.2 Å². The fourth-order valence-corrected chi connectivity index (χ4v) is 2.19. The molecule has 19 heavy (non-hydrogen) atoms. The van der Waals surface area contributed by atoms with Crippen LogP contribution in [0.2, 0.25) is 0 Å². The molecule has 0 radical (unpaired) electrons. The van der Waals surface area contributed by atoms with E-state index in [2.05, 4.69) is 5.10 Å². The first-order valence-electron chi connectivity index (χ1n) is 6.42. The highest BCUT2D eigenvalue weighted by molar-refractivity contribution is 5.84. The normalized spacial score (nSPS) is 19.0. The molecule has 1 aromatic carbocycles. The van der Waals surface area contributed by atoms with Gasteiger partial charge in [0, 0.05) is 18.1 Å². The molecule has 0 aliphatic carbocycles. The van der Waals surface area contributed by atoms with Crippen LogP contribution < -0.4 is 0 Å². The molecule has 0 fully saturated rings. The molecule has 2 rings (SSSR count). The average Bonchev–Trinajstić information content (AvgIpc) is 2.73. The minimum absolute atomic E-state index is 0.0480. The fraction of sp³-hybridized carbons (Fsp3) is 0.467. The van der Waals surface area contributed by atoms with E-state index in [1.165, 1.54) is 17.1 Å². The highest BCUT2D eigenvalue weighted by Gasteiger charge is 2.35. The van der Waals surface area contributed by atoms with Crippen molar-refractivity contribution >= 4 is 12.1 Å². The minimum Gasteiger partial charge on any atom is -0.272 e. The number of rotatable bonds is 1. The maximum atomic E-state index is 13.5. The summed E-state index contributed by atoms with van der Waals surface area (Å²) in [5, 5.41) is 5.64. The Morgan fingerprint density at radius 1 is 1.37 bits per heavy atom. The smallest absolute Gasteiger partial charge is 0.248 e. The van der Waals surface area contributed by atoms with Crippen LogP contribution in [0.25, 0.3) is 0 Å². The van der Waals surface area contributed by atoms with Crippen LogP contribution in [0.15, 0.2) is 23.3 Å². The third kappa shape index (κ3) is 2.83. The zero-order valence-electron chi connectivity index (χ0n) is 11.8. The summed E-state index contributed by atoms with van der Waals surface area (Å²) in [6, 6.07) is 4.68. The maximum absolute atomic E-state index is 13.5. The van der Waals surface area contributed by atoms with Crippen molar-refractivity contribution in [2.24, 2.45) is 10.5 Å². The van der Waals surface area contributed by atoms with Gasteiger partial charge in [0.05, 0.1) is 6.04 Å². The van der Waals surface area contributed by atoms with Crippen LogP contribution in [-0.2, 0) is 4.79 Å². The maximum Gasteiger partial charge on any atom is 0.248 e. The number of halogens is 1. The van der Waals surface area contributed by atoms with E-state index in [1.807, 2.05) is 33.8 Å². The number of nitrogens with zero attached hydrogens (tertiary/aromatic N) is 2. The second-order valence-electron chi connectivity index (χ2n) is 6.01. The highest BCUT2D eigenvalue weighted by atomic mass is 19.1. The molecule has 3 nitrogen and oxygen atoms in total. The van der Waals surface area contributed by atoms with Crippen molar-refractivity contribution in [3.63, 3.8) is 0 Å². The molecule has 4 heteroatoms. The number of hydrazone groups is 1. The van der Waals surface area contributed by atoms with Crippen molar-refractivity contribution < 1.29 is 9.18 Å². The van der Waals surface area contributed by atoms with E-state index in [0.29, 0.717) is 6.42 Å². The number of aryl methyl sites for hydroxylation is 1. The van der Waals surface area contributed by atoms with E-state index in [4.69, 9.17) is 0 Å². The zero-order valence-corrected chi connectivity index (χ0v) is 11.8. The van der Waals surface area contributed by atoms with Gasteiger partial charge in [-0.05, 0) is 30.2 Å². The van der Waals surface area contributed by atoms with Crippen LogP contribution in [0.4, 0.5) is 4.39 Å². The van der Waals surface area contributed by atoms with Crippen molar-refractivity contribution in [3.8, 4) is 0 Å². The number of amides is 1. The lowest BCUT2D eigenvalue weighted by Gasteiger charge is -2.28. The molecular weight excluding hydrogens is 243 g/mol. The molecule has 1 unspecified atom stereocenters. The summed E-state index contributed by atoms with van der Waals surface area (Å²) in [7, 11) is 0. The lowest BCUT2D eigenvalue weighted by Crippen LogP contribution is -2.36. The highest BCUT2D eigenvalue weighted by Crippen LogP contribution is 2.32. The van der Waals surface area contributed by atoms with Crippen LogP contribution in [0.5, 0.6) is 0 Å². The van der Waals surface area contributed by atoms with Crippen molar-refractivity contribution in [1.82, 2.24) is 5.01 Å². The molecule has 1 aromatic rings. The number of hydrogen-bond donors (Lipinski definition) is 0. The third-order valence-corrected chi connectivity index (χ3v) is 3.13. The monoisotopic (exact) mass is 262 g/mol. The molecule has 0 saturated heterocycles. The summed E-state index contributed by atoms with van der Waals surface area (Å²) >= 11 is 0. The quantitative estimate of drug-likeness (QED) is 0.763. The van der Waals surface area contributed by atoms with Gasteiger partial charge in [0.25, 0.3) is 0 Å². The van der Waals surface area contributed by atoms with Crippen LogP contribution in [0.1, 0.15) is 44.4 Å². The second-order valence-corrected chi connectivity index (χ2v) is 6.01. The topological polar surface area (TPSA) is 32.7 Å². The van der Waals surface area contributed by atoms with Crippen molar-refractivity contribution in [2.45, 2.75) is 40.2 Å². The SMILES string of the molecule is Cc1cc(F)cc(C2CC=NN2C(=O)C(C)(C)C)c1. The fourth-order valence-electron chi connectivity index (χ4n) is 2.19. The lowest BCUT2D eigenvalue weighted by atomic mass is 9.93. The van der Waals surface area contributed by atoms with Crippen molar-refractivity contribution in [1.29, 1.82) is 0 Å². The summed E-state index contributed by atoms with van der Waals surface area (Å²) in [6.45, 7) is 7.42. The molecule has 0 aromatic heterocycles. The summed E-state index contributed by atoms with van der Waals surface area (Å²) in [5.74, 6) is -0.321. The molecule has 0 N–H and O–H groups in total. The second kappa shape index (κ2) is 4.76. The molecule has 1 aliphatic heterocycles. The van der Waals surface area contributed by atoms with Gasteiger partial charge < -0.3 is 0 Å². The summed E-state index contributed by atoms with van der Waals surface area (Å²) in [4.78, 5) is 12.3. The van der Waals surface area contributed by atoms with E-state index in [1.54, 1.807) is 6.21 Å². The van der Waals surface area contributed by atoms with Crippen molar-refractivity contribution in [3.05, 3.63) is 35.1 Å². The predicted molar refractivity (Wildman–Crippen MR) is 73.3 cm³/mol. The van der Waals surface area contributed by atoms with E-state index >= 15 is 0 Å². The van der Waals surface area contributed by atoms with Gasteiger partial charge in [0.15, 0.2) is 0 Å². The number of carbonyl (C=O) groups excluding carboxylic acids is 1. The molecular formula is C15H19FN2O. The van der Waals surface area contributed by atoms with E-state index in [-0.39, 0.29) is 17.8 Å². The van der Waals surface area contributed by atoms with Gasteiger partial charge in [-0.2, -0.15) is 5.10 Å². The molecule has 0 bridgehead atoms. The van der Waals surface area contributed by atoms with Crippen LogP contribution >= 0.6 is 0 Å². The molecule has 1 atom stereocenters. The first-order valence-corrected chi connectivity index (χ1v) is 6.42. The van der Waals surface area contributed by atoms with Gasteiger partial charge in [-0.1, -0.05) is 26.8 Å². The summed E-state index contributed by atoms with van der Waals surface area (Å²) < 4.78 is 13.5. The Bertz CT molecular complexity index is 511. The Morgan fingerprint density at radius 3 is 2.63 bits per heavy atom. The molecule has 0 spiro atoms. The van der Waals surface area contributed by atoms with Gasteiger partial charge in [0.2, 0.25) is 5.91 Å². The first-order chi connectivity index (χ1) is 8.79. The van der Waals surface area contributed by atoms with E-state index in [0.717, 1.165) is 11.1 Å². The van der Waals surface area contributed by atoms with Gasteiger partial charge in [-0.25, -0.2) is 9.40 Å². The Hall–Kier alpha value is -1.71. The summed E-state index contributed by atoms with van der Waals surface area (Å²) in [5.41, 5.74) is 1.15. The zero-order chi connectivity index (χ0) is 14.2. The Kier molecular flexibility index (Phi) is 3.43. The molecule has 1 amide bonds. The minimum atomic E-state index is -0.498. The van der Waals surface area contributed by atoms with E-state index < -0.39 is 5.41 Å². The molecule has 0 saturated carbocycles. The van der Waals surface area contributed by atoms with Gasteiger partial charge in [0.1, 0.15) is 5.82 Å². The number of hydrogen-bond acceptors (Lipinski definition) is 2. The average molecular weight is 262 g/mol. The lowest BCUT2D eigenvalue weighted by molar-refractivity contribution is -0.141. The molecule has 1 heterocycles. The number of carbonyl (C=O) groups is 1. The van der Waals surface area contributed by atoms with Crippen molar-refractivity contribution in [2.75, 3.05) is 0 Å². The largest absolute Gasteiger partial charge is 0.272 e. The van der Waals surface area contributed by atoms with Gasteiger partial charge in [-0.3, -0.25) is 4.79 Å². The molecule has 1 aliphatic rings. The van der Waals surface area contributed by atoms with Crippen LogP contribution in [-0.4, -0.2) is 17.1 Å². The Morgan fingerprint density at radius 2 is 2.05 bits per heavy atom.